The summed E-state index contributed by atoms with van der Waals surface area (Å²) in [5.41, 5.74) is 11.5. The number of aromatic nitrogens is 6. The Hall–Kier alpha value is -8.73. The number of hydrogen-bond acceptors (Lipinski definition) is 7. The normalized spacial score (nSPS) is 10.9. The van der Waals surface area contributed by atoms with Crippen LogP contribution < -0.4 is 0 Å². The first-order valence-corrected chi connectivity index (χ1v) is 20.3. The zero-order valence-electron chi connectivity index (χ0n) is 33.3. The van der Waals surface area contributed by atoms with Crippen molar-refractivity contribution in [1.29, 1.82) is 5.26 Å². The van der Waals surface area contributed by atoms with Crippen molar-refractivity contribution < 1.29 is 0 Å². The lowest BCUT2D eigenvalue weighted by molar-refractivity contribution is 1.07. The average Bonchev–Trinajstić information content (AvgIpc) is 3.37. The van der Waals surface area contributed by atoms with Crippen molar-refractivity contribution in [2.75, 3.05) is 0 Å². The minimum Gasteiger partial charge on any atom is -0.208 e. The third-order valence-electron chi connectivity index (χ3n) is 10.6. The molecule has 0 amide bonds. The summed E-state index contributed by atoms with van der Waals surface area (Å²) >= 11 is 0. The highest BCUT2D eigenvalue weighted by atomic mass is 15.0. The van der Waals surface area contributed by atoms with E-state index in [1.54, 1.807) is 0 Å². The van der Waals surface area contributed by atoms with E-state index in [0.29, 0.717) is 40.5 Å². The maximum atomic E-state index is 9.93. The highest BCUT2D eigenvalue weighted by Gasteiger charge is 2.20. The van der Waals surface area contributed by atoms with Crippen LogP contribution in [0, 0.1) is 11.3 Å². The second-order valence-corrected chi connectivity index (χ2v) is 14.7. The third-order valence-corrected chi connectivity index (χ3v) is 10.6. The molecule has 10 aromatic rings. The second kappa shape index (κ2) is 16.9. The van der Waals surface area contributed by atoms with Gasteiger partial charge in [-0.2, -0.15) is 5.26 Å². The number of hydrogen-bond donors (Lipinski definition) is 0. The van der Waals surface area contributed by atoms with E-state index < -0.39 is 0 Å². The Balaban J connectivity index is 1.18. The van der Waals surface area contributed by atoms with Gasteiger partial charge in [-0.3, -0.25) is 0 Å². The summed E-state index contributed by atoms with van der Waals surface area (Å²) in [5.74, 6) is 3.45. The molecule has 0 atom stereocenters. The van der Waals surface area contributed by atoms with E-state index in [2.05, 4.69) is 48.5 Å². The molecule has 8 aromatic carbocycles. The summed E-state index contributed by atoms with van der Waals surface area (Å²) < 4.78 is 0. The van der Waals surface area contributed by atoms with Gasteiger partial charge in [0.25, 0.3) is 0 Å². The predicted molar refractivity (Wildman–Crippen MR) is 247 cm³/mol. The molecule has 0 radical (unpaired) electrons. The highest BCUT2D eigenvalue weighted by Crippen LogP contribution is 2.40. The fraction of sp³-hybridized carbons (Fsp3) is 0. The molecule has 0 spiro atoms. The first-order valence-electron chi connectivity index (χ1n) is 20.3. The topological polar surface area (TPSA) is 101 Å². The molecular formula is C55H35N7. The van der Waals surface area contributed by atoms with Gasteiger partial charge < -0.3 is 0 Å². The van der Waals surface area contributed by atoms with Crippen LogP contribution in [0.3, 0.4) is 0 Å². The highest BCUT2D eigenvalue weighted by molar-refractivity contribution is 5.91. The van der Waals surface area contributed by atoms with Crippen LogP contribution in [0.15, 0.2) is 212 Å². The fourth-order valence-corrected chi connectivity index (χ4v) is 7.59. The van der Waals surface area contributed by atoms with E-state index in [1.165, 1.54) is 0 Å². The van der Waals surface area contributed by atoms with Gasteiger partial charge in [0, 0.05) is 33.4 Å². The molecule has 2 heterocycles. The monoisotopic (exact) mass is 793 g/mol. The lowest BCUT2D eigenvalue weighted by Gasteiger charge is -2.16. The standard InChI is InChI=1S/C55H35N7/c56-36-37-18-17-27-42(32-37)43-33-44(46-28-13-15-30-48(46)54-59-50(38-19-5-1-6-20-38)57-51(60-54)39-21-7-2-8-22-39)35-45(34-43)47-29-14-16-31-49(47)55-61-52(40-23-9-3-10-24-40)58-53(62-55)41-25-11-4-12-26-41/h1-35H. The fourth-order valence-electron chi connectivity index (χ4n) is 7.59. The zero-order chi connectivity index (χ0) is 41.7. The molecule has 0 saturated carbocycles. The van der Waals surface area contributed by atoms with Crippen molar-refractivity contribution in [3.05, 3.63) is 218 Å². The van der Waals surface area contributed by atoms with Gasteiger partial charge >= 0.3 is 0 Å². The molecule has 62 heavy (non-hydrogen) atoms. The maximum absolute atomic E-state index is 9.93. The van der Waals surface area contributed by atoms with E-state index >= 15 is 0 Å². The van der Waals surface area contributed by atoms with Crippen molar-refractivity contribution in [1.82, 2.24) is 29.9 Å². The van der Waals surface area contributed by atoms with Crippen molar-refractivity contribution >= 4 is 0 Å². The molecule has 10 rings (SSSR count). The van der Waals surface area contributed by atoms with Gasteiger partial charge in [-0.1, -0.05) is 182 Å². The largest absolute Gasteiger partial charge is 0.208 e. The van der Waals surface area contributed by atoms with Crippen LogP contribution >= 0.6 is 0 Å². The van der Waals surface area contributed by atoms with E-state index in [-0.39, 0.29) is 0 Å². The van der Waals surface area contributed by atoms with Crippen LogP contribution in [0.4, 0.5) is 0 Å². The van der Waals surface area contributed by atoms with Crippen LogP contribution in [0.25, 0.3) is 102 Å². The summed E-state index contributed by atoms with van der Waals surface area (Å²) in [4.78, 5) is 30.3. The molecule has 0 unspecified atom stereocenters. The Morgan fingerprint density at radius 2 is 0.548 bits per heavy atom. The summed E-state index contributed by atoms with van der Waals surface area (Å²) in [6.45, 7) is 0. The Bertz CT molecular complexity index is 2930. The van der Waals surface area contributed by atoms with Crippen molar-refractivity contribution in [2.45, 2.75) is 0 Å². The molecule has 0 aliphatic heterocycles. The average molecular weight is 794 g/mol. The molecule has 0 N–H and O–H groups in total. The minimum atomic E-state index is 0.555. The first kappa shape index (κ1) is 37.5. The second-order valence-electron chi connectivity index (χ2n) is 14.7. The Labute approximate surface area is 359 Å². The molecule has 2 aromatic heterocycles. The SMILES string of the molecule is N#Cc1cccc(-c2cc(-c3ccccc3-c3nc(-c4ccccc4)nc(-c4ccccc4)n3)cc(-c3ccccc3-c3nc(-c4ccccc4)nc(-c4ccccc4)n3)c2)c1. The number of nitriles is 1. The van der Waals surface area contributed by atoms with Gasteiger partial charge in [0.15, 0.2) is 34.9 Å². The quantitative estimate of drug-likeness (QED) is 0.143. The van der Waals surface area contributed by atoms with Gasteiger partial charge in [-0.15, -0.1) is 0 Å². The molecule has 7 nitrogen and oxygen atoms in total. The van der Waals surface area contributed by atoms with Crippen molar-refractivity contribution in [3.63, 3.8) is 0 Å². The lowest BCUT2D eigenvalue weighted by Crippen LogP contribution is -2.01. The van der Waals surface area contributed by atoms with E-state index in [9.17, 15) is 5.26 Å². The molecule has 7 heteroatoms. The van der Waals surface area contributed by atoms with E-state index in [4.69, 9.17) is 29.9 Å². The number of benzene rings is 8. The molecule has 0 bridgehead atoms. The Kier molecular flexibility index (Phi) is 10.2. The van der Waals surface area contributed by atoms with Crippen LogP contribution in [-0.2, 0) is 0 Å². The van der Waals surface area contributed by atoms with Gasteiger partial charge in [-0.25, -0.2) is 29.9 Å². The predicted octanol–water partition coefficient (Wildman–Crippen LogP) is 12.9. The lowest BCUT2D eigenvalue weighted by atomic mass is 9.89. The molecular weight excluding hydrogens is 759 g/mol. The number of rotatable bonds is 9. The molecule has 0 aliphatic rings. The minimum absolute atomic E-state index is 0.555. The molecule has 0 fully saturated rings. The summed E-state index contributed by atoms with van der Waals surface area (Å²) in [6.07, 6.45) is 0. The van der Waals surface area contributed by atoms with Gasteiger partial charge in [0.1, 0.15) is 0 Å². The van der Waals surface area contributed by atoms with Crippen LogP contribution in [-0.4, -0.2) is 29.9 Å². The first-order chi connectivity index (χ1) is 30.7. The van der Waals surface area contributed by atoms with Crippen LogP contribution in [0.5, 0.6) is 0 Å². The molecule has 290 valence electrons. The summed E-state index contributed by atoms with van der Waals surface area (Å²) in [7, 11) is 0. The van der Waals surface area contributed by atoms with Gasteiger partial charge in [0.2, 0.25) is 0 Å². The van der Waals surface area contributed by atoms with E-state index in [0.717, 1.165) is 66.8 Å². The Morgan fingerprint density at radius 3 is 0.919 bits per heavy atom. The Morgan fingerprint density at radius 1 is 0.242 bits per heavy atom. The van der Waals surface area contributed by atoms with E-state index in [1.807, 2.05) is 170 Å². The van der Waals surface area contributed by atoms with Crippen molar-refractivity contribution in [2.24, 2.45) is 0 Å². The zero-order valence-corrected chi connectivity index (χ0v) is 33.3. The molecule has 0 saturated heterocycles. The van der Waals surface area contributed by atoms with Crippen LogP contribution in [0.1, 0.15) is 5.56 Å². The maximum Gasteiger partial charge on any atom is 0.164 e. The van der Waals surface area contributed by atoms with Gasteiger partial charge in [0.05, 0.1) is 11.6 Å². The molecule has 0 aliphatic carbocycles. The van der Waals surface area contributed by atoms with Crippen molar-refractivity contribution in [3.8, 4) is 108 Å². The summed E-state index contributed by atoms with van der Waals surface area (Å²) in [5, 5.41) is 9.93. The number of nitrogens with zero attached hydrogens (tertiary/aromatic N) is 7. The summed E-state index contributed by atoms with van der Waals surface area (Å²) in [6, 6.07) is 73.0. The smallest absolute Gasteiger partial charge is 0.164 e. The van der Waals surface area contributed by atoms with Gasteiger partial charge in [-0.05, 0) is 63.7 Å². The third kappa shape index (κ3) is 7.75. The van der Waals surface area contributed by atoms with Crippen LogP contribution in [0.2, 0.25) is 0 Å².